The van der Waals surface area contributed by atoms with Gasteiger partial charge in [-0.3, -0.25) is 4.98 Å². The summed E-state index contributed by atoms with van der Waals surface area (Å²) in [4.78, 5) is 18.7. The molecule has 4 aromatic rings. The third-order valence-corrected chi connectivity index (χ3v) is 5.47. The Morgan fingerprint density at radius 3 is 2.54 bits per heavy atom. The zero-order valence-electron chi connectivity index (χ0n) is 20.1. The molecule has 2 amide bonds. The van der Waals surface area contributed by atoms with Gasteiger partial charge in [0, 0.05) is 36.2 Å². The van der Waals surface area contributed by atoms with Gasteiger partial charge in [0.05, 0.1) is 5.02 Å². The van der Waals surface area contributed by atoms with Gasteiger partial charge in [-0.05, 0) is 63.5 Å². The summed E-state index contributed by atoms with van der Waals surface area (Å²) in [6, 6.07) is 10.4. The van der Waals surface area contributed by atoms with Crippen LogP contribution in [0.5, 0.6) is 11.5 Å². The van der Waals surface area contributed by atoms with Crippen molar-refractivity contribution in [3.8, 4) is 23.0 Å². The van der Waals surface area contributed by atoms with Crippen LogP contribution in [0.1, 0.15) is 6.42 Å². The number of hydrogen-bond acceptors (Lipinski definition) is 6. The zero-order valence-corrected chi connectivity index (χ0v) is 20.8. The Hall–Kier alpha value is -4.09. The minimum atomic E-state index is -0.687. The summed E-state index contributed by atoms with van der Waals surface area (Å²) in [5.74, 6) is -0.390. The number of nitrogens with one attached hydrogen (secondary N) is 2. The molecule has 0 bridgehead atoms. The largest absolute Gasteiger partial charge is 0.454 e. The zero-order chi connectivity index (χ0) is 26.4. The number of halogens is 3. The summed E-state index contributed by atoms with van der Waals surface area (Å²) < 4.78 is 35.7. The highest BCUT2D eigenvalue weighted by Crippen LogP contribution is 2.29. The topological polar surface area (TPSA) is 97.2 Å². The lowest BCUT2D eigenvalue weighted by Crippen LogP contribution is -2.19. The molecule has 0 saturated carbocycles. The van der Waals surface area contributed by atoms with Crippen LogP contribution in [0.25, 0.3) is 11.5 Å². The second kappa shape index (κ2) is 11.8. The molecule has 0 aliphatic carbocycles. The van der Waals surface area contributed by atoms with Gasteiger partial charge in [-0.1, -0.05) is 11.6 Å². The number of anilines is 2. The molecule has 2 heterocycles. The average Bonchev–Trinajstić information content (AvgIpc) is 3.32. The standard InChI is InChI=1S/C25H24ClF2N7O2/c1-34(2)10-3-11-35-15-30-33-24(35)22-14-18(8-9-29-22)37-23-7-5-17(13-21(23)28)32-25(36)31-16-4-6-20(27)19(26)12-16/h4-9,12-15H,3,10-11H2,1-2H3,(H2,31,32,36). The number of rotatable bonds is 9. The van der Waals surface area contributed by atoms with Crippen molar-refractivity contribution in [1.29, 1.82) is 0 Å². The number of aromatic nitrogens is 4. The van der Waals surface area contributed by atoms with Crippen LogP contribution in [0, 0.1) is 11.6 Å². The smallest absolute Gasteiger partial charge is 0.323 e. The van der Waals surface area contributed by atoms with E-state index in [-0.39, 0.29) is 22.1 Å². The van der Waals surface area contributed by atoms with Crippen LogP contribution in [-0.4, -0.2) is 51.3 Å². The van der Waals surface area contributed by atoms with Crippen LogP contribution in [0.15, 0.2) is 61.1 Å². The van der Waals surface area contributed by atoms with E-state index in [2.05, 4.69) is 30.7 Å². The minimum absolute atomic E-state index is 0.0409. The van der Waals surface area contributed by atoms with Crippen LogP contribution in [-0.2, 0) is 6.54 Å². The molecule has 0 atom stereocenters. The first-order valence-corrected chi connectivity index (χ1v) is 11.7. The Labute approximate surface area is 217 Å². The lowest BCUT2D eigenvalue weighted by Gasteiger charge is -2.12. The van der Waals surface area contributed by atoms with Crippen molar-refractivity contribution >= 4 is 29.0 Å². The van der Waals surface area contributed by atoms with Crippen LogP contribution in [0.2, 0.25) is 5.02 Å². The molecule has 0 fully saturated rings. The molecular formula is C25H24ClF2N7O2. The highest BCUT2D eigenvalue weighted by molar-refractivity contribution is 6.31. The van der Waals surface area contributed by atoms with E-state index in [1.165, 1.54) is 24.3 Å². The number of aryl methyl sites for hydroxylation is 1. The molecule has 0 aliphatic heterocycles. The summed E-state index contributed by atoms with van der Waals surface area (Å²) in [5, 5.41) is 13.0. The number of nitrogens with zero attached hydrogens (tertiary/aromatic N) is 5. The van der Waals surface area contributed by atoms with Crippen molar-refractivity contribution in [2.45, 2.75) is 13.0 Å². The maximum absolute atomic E-state index is 14.8. The van der Waals surface area contributed by atoms with Crippen LogP contribution in [0.4, 0.5) is 25.0 Å². The molecule has 37 heavy (non-hydrogen) atoms. The highest BCUT2D eigenvalue weighted by Gasteiger charge is 2.13. The van der Waals surface area contributed by atoms with E-state index in [1.54, 1.807) is 24.7 Å². The van der Waals surface area contributed by atoms with Crippen LogP contribution < -0.4 is 15.4 Å². The summed E-state index contributed by atoms with van der Waals surface area (Å²) in [6.07, 6.45) is 4.10. The average molecular weight is 528 g/mol. The number of benzene rings is 2. The van der Waals surface area contributed by atoms with Crippen molar-refractivity contribution in [3.63, 3.8) is 0 Å². The molecule has 0 aliphatic rings. The van der Waals surface area contributed by atoms with Crippen molar-refractivity contribution in [3.05, 3.63) is 77.7 Å². The molecule has 12 heteroatoms. The Morgan fingerprint density at radius 1 is 1.05 bits per heavy atom. The number of carbonyl (C=O) groups excluding carboxylic acids is 1. The molecule has 192 valence electrons. The van der Waals surface area contributed by atoms with E-state index < -0.39 is 17.7 Å². The minimum Gasteiger partial charge on any atom is -0.454 e. The second-order valence-corrected chi connectivity index (χ2v) is 8.74. The van der Waals surface area contributed by atoms with Gasteiger partial charge in [-0.2, -0.15) is 0 Å². The van der Waals surface area contributed by atoms with Crippen LogP contribution in [0.3, 0.4) is 0 Å². The van der Waals surface area contributed by atoms with E-state index >= 15 is 0 Å². The summed E-state index contributed by atoms with van der Waals surface area (Å²) in [5.41, 5.74) is 1.01. The molecule has 0 saturated heterocycles. The molecule has 0 radical (unpaired) electrons. The van der Waals surface area contributed by atoms with Gasteiger partial charge < -0.3 is 24.8 Å². The summed E-state index contributed by atoms with van der Waals surface area (Å²) >= 11 is 5.72. The van der Waals surface area contributed by atoms with E-state index in [9.17, 15) is 13.6 Å². The van der Waals surface area contributed by atoms with Crippen molar-refractivity contribution in [2.24, 2.45) is 0 Å². The Kier molecular flexibility index (Phi) is 8.26. The van der Waals surface area contributed by atoms with Gasteiger partial charge in [-0.15, -0.1) is 10.2 Å². The predicted octanol–water partition coefficient (Wildman–Crippen LogP) is 5.66. The first-order valence-electron chi connectivity index (χ1n) is 11.3. The van der Waals surface area contributed by atoms with E-state index in [0.717, 1.165) is 31.6 Å². The molecule has 4 rings (SSSR count). The maximum atomic E-state index is 14.8. The van der Waals surface area contributed by atoms with Crippen LogP contribution >= 0.6 is 11.6 Å². The van der Waals surface area contributed by atoms with Crippen molar-refractivity contribution < 1.29 is 18.3 Å². The lowest BCUT2D eigenvalue weighted by molar-refractivity contribution is 0.262. The lowest BCUT2D eigenvalue weighted by atomic mass is 10.2. The summed E-state index contributed by atoms with van der Waals surface area (Å²) in [6.45, 7) is 1.64. The molecular weight excluding hydrogens is 504 g/mol. The normalized spacial score (nSPS) is 11.0. The third-order valence-electron chi connectivity index (χ3n) is 5.18. The van der Waals surface area contributed by atoms with Gasteiger partial charge in [0.1, 0.15) is 23.6 Å². The SMILES string of the molecule is CN(C)CCCn1cnnc1-c1cc(Oc2ccc(NC(=O)Nc3ccc(F)c(Cl)c3)cc2F)ccn1. The van der Waals surface area contributed by atoms with Gasteiger partial charge in [0.15, 0.2) is 17.4 Å². The number of amides is 2. The first kappa shape index (κ1) is 26.0. The Balaban J connectivity index is 1.41. The number of pyridine rings is 1. The Bertz CT molecular complexity index is 1400. The molecule has 2 N–H and O–H groups in total. The van der Waals surface area contributed by atoms with Gasteiger partial charge >= 0.3 is 6.03 Å². The van der Waals surface area contributed by atoms with Gasteiger partial charge in [0.2, 0.25) is 0 Å². The van der Waals surface area contributed by atoms with Gasteiger partial charge in [0.25, 0.3) is 0 Å². The fraction of sp³-hybridized carbons (Fsp3) is 0.200. The van der Waals surface area contributed by atoms with E-state index in [1.807, 2.05) is 18.7 Å². The molecule has 9 nitrogen and oxygen atoms in total. The maximum Gasteiger partial charge on any atom is 0.323 e. The molecule has 0 unspecified atom stereocenters. The number of hydrogen-bond donors (Lipinski definition) is 2. The quantitative estimate of drug-likeness (QED) is 0.291. The number of carbonyl (C=O) groups is 1. The van der Waals surface area contributed by atoms with E-state index in [4.69, 9.17) is 16.3 Å². The second-order valence-electron chi connectivity index (χ2n) is 8.34. The third kappa shape index (κ3) is 6.99. The molecule has 2 aromatic carbocycles. The monoisotopic (exact) mass is 527 g/mol. The summed E-state index contributed by atoms with van der Waals surface area (Å²) in [7, 11) is 4.02. The predicted molar refractivity (Wildman–Crippen MR) is 137 cm³/mol. The fourth-order valence-corrected chi connectivity index (χ4v) is 3.61. The number of urea groups is 1. The Morgan fingerprint density at radius 2 is 1.81 bits per heavy atom. The van der Waals surface area contributed by atoms with Crippen molar-refractivity contribution in [2.75, 3.05) is 31.3 Å². The first-order chi connectivity index (χ1) is 17.8. The highest BCUT2D eigenvalue weighted by atomic mass is 35.5. The molecule has 0 spiro atoms. The van der Waals surface area contributed by atoms with Gasteiger partial charge in [-0.25, -0.2) is 13.6 Å². The fourth-order valence-electron chi connectivity index (χ4n) is 3.43. The van der Waals surface area contributed by atoms with Crippen molar-refractivity contribution in [1.82, 2.24) is 24.6 Å². The number of ether oxygens (including phenoxy) is 1. The van der Waals surface area contributed by atoms with E-state index in [0.29, 0.717) is 17.3 Å². The molecule has 2 aromatic heterocycles.